The van der Waals surface area contributed by atoms with E-state index in [2.05, 4.69) is 48.2 Å². The number of hydrogen-bond acceptors (Lipinski definition) is 5. The fourth-order valence-electron chi connectivity index (χ4n) is 9.11. The lowest BCUT2D eigenvalue weighted by Crippen LogP contribution is -2.57. The summed E-state index contributed by atoms with van der Waals surface area (Å²) >= 11 is 6.44. The number of hydrogen-bond donors (Lipinski definition) is 1. The third kappa shape index (κ3) is 4.76. The standard InChI is InChI=1S/C24H28ClNO4.C9H13N/c25-20-9-19(30-6-5-27)2-1-14(20)7-15-3-4-26(22(15)28)21-16-8-18-13-24(29)12-17(21)11-23(18,24)10-16;1-10(2)8-9-6-4-3-5-7-9/h1-2,5,9,15-18,21,29H,3-4,6-8,10-13H2;3-7H,8H2,1-2H3. The van der Waals surface area contributed by atoms with Crippen molar-refractivity contribution in [2.24, 2.45) is 29.1 Å². The predicted molar refractivity (Wildman–Crippen MR) is 155 cm³/mol. The van der Waals surface area contributed by atoms with Crippen molar-refractivity contribution in [1.82, 2.24) is 9.80 Å². The van der Waals surface area contributed by atoms with E-state index in [1.165, 1.54) is 12.0 Å². The highest BCUT2D eigenvalue weighted by atomic mass is 35.5. The van der Waals surface area contributed by atoms with Crippen LogP contribution in [0.2, 0.25) is 5.02 Å². The molecule has 2 aromatic carbocycles. The normalized spacial score (nSPS) is 34.9. The van der Waals surface area contributed by atoms with Gasteiger partial charge in [0.2, 0.25) is 5.91 Å². The molecule has 1 aliphatic heterocycles. The summed E-state index contributed by atoms with van der Waals surface area (Å²) in [5.74, 6) is 2.54. The number of carbonyl (C=O) groups is 2. The first kappa shape index (κ1) is 27.7. The first-order valence-electron chi connectivity index (χ1n) is 14.8. The van der Waals surface area contributed by atoms with Crippen LogP contribution in [0.1, 0.15) is 49.7 Å². The molecule has 3 bridgehead atoms. The molecule has 4 aliphatic carbocycles. The molecule has 1 amide bonds. The molecular weight excluding hydrogens is 524 g/mol. The molecule has 1 spiro atoms. The first-order valence-corrected chi connectivity index (χ1v) is 15.2. The lowest BCUT2D eigenvalue weighted by Gasteiger charge is -2.55. The lowest BCUT2D eigenvalue weighted by molar-refractivity contribution is -0.176. The molecule has 2 aromatic rings. The zero-order valence-corrected chi connectivity index (χ0v) is 24.4. The molecule has 7 unspecified atom stereocenters. The lowest BCUT2D eigenvalue weighted by atomic mass is 9.53. The summed E-state index contributed by atoms with van der Waals surface area (Å²) in [5.41, 5.74) is 2.08. The molecule has 5 aliphatic rings. The number of rotatable bonds is 8. The number of aliphatic hydroxyl groups is 1. The van der Waals surface area contributed by atoms with E-state index in [0.717, 1.165) is 50.8 Å². The van der Waals surface area contributed by atoms with Gasteiger partial charge < -0.3 is 19.6 Å². The van der Waals surface area contributed by atoms with E-state index in [1.807, 2.05) is 18.2 Å². The van der Waals surface area contributed by atoms with Gasteiger partial charge in [0.25, 0.3) is 0 Å². The van der Waals surface area contributed by atoms with Crippen molar-refractivity contribution in [2.75, 3.05) is 27.2 Å². The summed E-state index contributed by atoms with van der Waals surface area (Å²) in [6.45, 7) is 1.86. The topological polar surface area (TPSA) is 70.1 Å². The Labute approximate surface area is 242 Å². The van der Waals surface area contributed by atoms with E-state index in [4.69, 9.17) is 16.3 Å². The molecular formula is C33H41ClN2O4. The molecule has 7 rings (SSSR count). The van der Waals surface area contributed by atoms with Crippen LogP contribution in [0.3, 0.4) is 0 Å². The smallest absolute Gasteiger partial charge is 0.226 e. The van der Waals surface area contributed by atoms with Gasteiger partial charge in [-0.1, -0.05) is 48.0 Å². The minimum Gasteiger partial charge on any atom is -0.486 e. The van der Waals surface area contributed by atoms with E-state index in [9.17, 15) is 14.7 Å². The summed E-state index contributed by atoms with van der Waals surface area (Å²) in [4.78, 5) is 28.2. The zero-order valence-electron chi connectivity index (χ0n) is 23.6. The van der Waals surface area contributed by atoms with Gasteiger partial charge in [0.1, 0.15) is 12.4 Å². The van der Waals surface area contributed by atoms with Crippen molar-refractivity contribution in [1.29, 1.82) is 0 Å². The molecule has 1 N–H and O–H groups in total. The maximum atomic E-state index is 13.4. The van der Waals surface area contributed by atoms with Gasteiger partial charge in [-0.05, 0) is 100 Å². The van der Waals surface area contributed by atoms with Gasteiger partial charge in [0, 0.05) is 35.5 Å². The van der Waals surface area contributed by atoms with Gasteiger partial charge in [-0.15, -0.1) is 0 Å². The maximum absolute atomic E-state index is 13.4. The maximum Gasteiger partial charge on any atom is 0.226 e. The van der Waals surface area contributed by atoms with Crippen molar-refractivity contribution in [3.8, 4) is 5.75 Å². The molecule has 5 fully saturated rings. The summed E-state index contributed by atoms with van der Waals surface area (Å²) in [5, 5.41) is 11.7. The number of amides is 1. The quantitative estimate of drug-likeness (QED) is 0.457. The fourth-order valence-corrected chi connectivity index (χ4v) is 9.36. The summed E-state index contributed by atoms with van der Waals surface area (Å²) in [6.07, 6.45) is 7.55. The van der Waals surface area contributed by atoms with Crippen molar-refractivity contribution >= 4 is 23.8 Å². The Kier molecular flexibility index (Phi) is 7.47. The SMILES string of the molecule is CN(C)Cc1ccccc1.O=CCOc1ccc(CC2CCN(C3C4CC5CC6(O)CC3CC56C4)C2=O)c(Cl)c1. The fraction of sp³-hybridized carbons (Fsp3) is 0.576. The minimum atomic E-state index is -0.435. The second-order valence-corrected chi connectivity index (χ2v) is 13.5. The van der Waals surface area contributed by atoms with Crippen LogP contribution in [0.4, 0.5) is 0 Å². The summed E-state index contributed by atoms with van der Waals surface area (Å²) < 4.78 is 5.31. The molecule has 7 atom stereocenters. The number of fused-ring (bicyclic) bond motifs is 2. The molecule has 7 heteroatoms. The Morgan fingerprint density at radius 3 is 2.60 bits per heavy atom. The van der Waals surface area contributed by atoms with Crippen molar-refractivity contribution < 1.29 is 19.4 Å². The van der Waals surface area contributed by atoms with E-state index in [0.29, 0.717) is 47.3 Å². The van der Waals surface area contributed by atoms with Gasteiger partial charge >= 0.3 is 0 Å². The molecule has 1 saturated heterocycles. The van der Waals surface area contributed by atoms with Crippen LogP contribution in [-0.4, -0.2) is 66.0 Å². The largest absolute Gasteiger partial charge is 0.486 e. The Bertz CT molecular complexity index is 1250. The van der Waals surface area contributed by atoms with E-state index >= 15 is 0 Å². The van der Waals surface area contributed by atoms with Crippen LogP contribution >= 0.6 is 11.6 Å². The molecule has 6 nitrogen and oxygen atoms in total. The van der Waals surface area contributed by atoms with Gasteiger partial charge in [0.05, 0.1) is 5.60 Å². The second-order valence-electron chi connectivity index (χ2n) is 13.1. The van der Waals surface area contributed by atoms with Crippen LogP contribution in [0, 0.1) is 29.1 Å². The van der Waals surface area contributed by atoms with Crippen LogP contribution in [-0.2, 0) is 22.6 Å². The number of ether oxygens (including phenoxy) is 1. The monoisotopic (exact) mass is 564 g/mol. The highest BCUT2D eigenvalue weighted by Gasteiger charge is 2.76. The molecule has 40 heavy (non-hydrogen) atoms. The van der Waals surface area contributed by atoms with Crippen molar-refractivity contribution in [3.05, 3.63) is 64.7 Å². The number of likely N-dealkylation sites (tertiary alicyclic amines) is 1. The molecule has 0 radical (unpaired) electrons. The zero-order chi connectivity index (χ0) is 28.1. The van der Waals surface area contributed by atoms with Crippen molar-refractivity contribution in [3.63, 3.8) is 0 Å². The van der Waals surface area contributed by atoms with Crippen LogP contribution < -0.4 is 4.74 Å². The minimum absolute atomic E-state index is 0.00668. The Morgan fingerprint density at radius 1 is 1.10 bits per heavy atom. The summed E-state index contributed by atoms with van der Waals surface area (Å²) in [7, 11) is 4.15. The summed E-state index contributed by atoms with van der Waals surface area (Å²) in [6, 6.07) is 16.2. The van der Waals surface area contributed by atoms with Crippen molar-refractivity contribution in [2.45, 2.75) is 63.1 Å². The van der Waals surface area contributed by atoms with Crippen LogP contribution in [0.5, 0.6) is 5.75 Å². The third-order valence-corrected chi connectivity index (χ3v) is 10.9. The van der Waals surface area contributed by atoms with E-state index < -0.39 is 5.60 Å². The Morgan fingerprint density at radius 2 is 1.88 bits per heavy atom. The Balaban J connectivity index is 0.000000246. The van der Waals surface area contributed by atoms with E-state index in [1.54, 1.807) is 6.07 Å². The number of nitrogens with zero attached hydrogens (tertiary/aromatic N) is 2. The highest BCUT2D eigenvalue weighted by molar-refractivity contribution is 6.31. The average molecular weight is 565 g/mol. The number of carbonyl (C=O) groups excluding carboxylic acids is 2. The van der Waals surface area contributed by atoms with Gasteiger partial charge in [-0.2, -0.15) is 0 Å². The number of aldehydes is 1. The molecule has 4 saturated carbocycles. The Hall–Kier alpha value is -2.41. The number of halogens is 1. The predicted octanol–water partition coefficient (Wildman–Crippen LogP) is 5.00. The van der Waals surface area contributed by atoms with Crippen LogP contribution in [0.25, 0.3) is 0 Å². The van der Waals surface area contributed by atoms with Gasteiger partial charge in [0.15, 0.2) is 6.29 Å². The molecule has 214 valence electrons. The second kappa shape index (κ2) is 10.8. The third-order valence-electron chi connectivity index (χ3n) is 10.6. The average Bonchev–Trinajstić information content (AvgIpc) is 3.46. The molecule has 0 aromatic heterocycles. The van der Waals surface area contributed by atoms with Gasteiger partial charge in [-0.3, -0.25) is 9.59 Å². The van der Waals surface area contributed by atoms with E-state index in [-0.39, 0.29) is 23.8 Å². The first-order chi connectivity index (χ1) is 19.2. The molecule has 1 heterocycles. The highest BCUT2D eigenvalue weighted by Crippen LogP contribution is 2.77. The van der Waals surface area contributed by atoms with Gasteiger partial charge in [-0.25, -0.2) is 0 Å². The number of benzene rings is 2. The van der Waals surface area contributed by atoms with Crippen LogP contribution in [0.15, 0.2) is 48.5 Å².